The van der Waals surface area contributed by atoms with E-state index in [-0.39, 0.29) is 17.1 Å². The van der Waals surface area contributed by atoms with Crippen LogP contribution in [0.3, 0.4) is 0 Å². The van der Waals surface area contributed by atoms with Gasteiger partial charge >= 0.3 is 11.9 Å². The third-order valence-electron chi connectivity index (χ3n) is 2.47. The van der Waals surface area contributed by atoms with Gasteiger partial charge in [-0.1, -0.05) is 51.7 Å². The smallest absolute Gasteiger partial charge is 0.327 e. The van der Waals surface area contributed by atoms with E-state index >= 15 is 0 Å². The van der Waals surface area contributed by atoms with E-state index in [1.54, 1.807) is 12.2 Å². The zero-order valence-corrected chi connectivity index (χ0v) is 14.2. The van der Waals surface area contributed by atoms with Crippen molar-refractivity contribution in [1.29, 1.82) is 0 Å². The minimum atomic E-state index is -0.850. The van der Waals surface area contributed by atoms with Crippen LogP contribution in [-0.4, -0.2) is 22.2 Å². The number of carbonyl (C=O) groups is 2. The molecule has 0 saturated carbocycles. The van der Waals surface area contributed by atoms with Gasteiger partial charge in [0, 0.05) is 29.2 Å². The molecule has 0 amide bonds. The maximum absolute atomic E-state index is 9.95. The summed E-state index contributed by atoms with van der Waals surface area (Å²) >= 11 is 0. The van der Waals surface area contributed by atoms with Crippen LogP contribution in [-0.2, 0) is 26.7 Å². The third-order valence-corrected chi connectivity index (χ3v) is 2.47. The van der Waals surface area contributed by atoms with E-state index in [4.69, 9.17) is 10.2 Å². The molecule has 5 heteroatoms. The molecule has 0 atom stereocenters. The van der Waals surface area contributed by atoms with E-state index in [9.17, 15) is 9.59 Å². The van der Waals surface area contributed by atoms with Crippen LogP contribution in [0.2, 0.25) is 0 Å². The largest absolute Gasteiger partial charge is 0.478 e. The minimum Gasteiger partial charge on any atom is -0.478 e. The molecule has 123 valence electrons. The van der Waals surface area contributed by atoms with Gasteiger partial charge in [0.25, 0.3) is 0 Å². The van der Waals surface area contributed by atoms with Crippen molar-refractivity contribution in [2.45, 2.75) is 65.2 Å². The first-order chi connectivity index (χ1) is 9.54. The van der Waals surface area contributed by atoms with Gasteiger partial charge in [-0.2, -0.15) is 0 Å². The van der Waals surface area contributed by atoms with E-state index in [0.29, 0.717) is 0 Å². The van der Waals surface area contributed by atoms with Crippen molar-refractivity contribution in [1.82, 2.24) is 0 Å². The van der Waals surface area contributed by atoms with Crippen molar-refractivity contribution >= 4 is 11.9 Å². The van der Waals surface area contributed by atoms with Gasteiger partial charge in [0.15, 0.2) is 0 Å². The number of unbranched alkanes of at least 4 members (excludes halogenated alkanes) is 6. The van der Waals surface area contributed by atoms with Gasteiger partial charge in [-0.05, 0) is 25.7 Å². The molecule has 0 aliphatic heterocycles. The quantitative estimate of drug-likeness (QED) is 0.351. The Hall–Kier alpha value is -1.06. The molecule has 0 aliphatic carbocycles. The standard InChI is InChI=1S/2C8H14O2.Mn/c2*1-2-3-4-5-6-7-8(9)10;/h2*6-7H,2-5H2,1H3,(H,9,10);. The van der Waals surface area contributed by atoms with Crippen molar-refractivity contribution in [3.8, 4) is 0 Å². The number of carboxylic acids is 2. The molecule has 0 aromatic heterocycles. The Bertz CT molecular complexity index is 269. The van der Waals surface area contributed by atoms with Gasteiger partial charge < -0.3 is 10.2 Å². The zero-order valence-electron chi connectivity index (χ0n) is 13.1. The van der Waals surface area contributed by atoms with Crippen molar-refractivity contribution in [2.24, 2.45) is 0 Å². The summed E-state index contributed by atoms with van der Waals surface area (Å²) in [7, 11) is 0. The molecule has 0 rings (SSSR count). The topological polar surface area (TPSA) is 74.6 Å². The molecule has 0 aliphatic rings. The van der Waals surface area contributed by atoms with E-state index in [2.05, 4.69) is 13.8 Å². The summed E-state index contributed by atoms with van der Waals surface area (Å²) in [6, 6.07) is 0. The maximum Gasteiger partial charge on any atom is 0.327 e. The molecule has 0 spiro atoms. The van der Waals surface area contributed by atoms with E-state index in [0.717, 1.165) is 25.7 Å². The van der Waals surface area contributed by atoms with Crippen LogP contribution in [0.1, 0.15) is 65.2 Å². The molecule has 0 heterocycles. The fraction of sp³-hybridized carbons (Fsp3) is 0.625. The van der Waals surface area contributed by atoms with Crippen molar-refractivity contribution < 1.29 is 36.9 Å². The summed E-state index contributed by atoms with van der Waals surface area (Å²) in [5.74, 6) is -1.70. The Morgan fingerprint density at radius 2 is 1.10 bits per heavy atom. The predicted octanol–water partition coefficient (Wildman–Crippen LogP) is 4.41. The molecule has 0 bridgehead atoms. The molecule has 4 nitrogen and oxygen atoms in total. The summed E-state index contributed by atoms with van der Waals surface area (Å²) in [4.78, 5) is 19.9. The zero-order chi connectivity index (χ0) is 15.6. The van der Waals surface area contributed by atoms with Crippen molar-refractivity contribution in [3.05, 3.63) is 24.3 Å². The first kappa shape index (κ1) is 24.9. The van der Waals surface area contributed by atoms with Gasteiger partial charge in [-0.15, -0.1) is 0 Å². The van der Waals surface area contributed by atoms with Gasteiger partial charge in [-0.25, -0.2) is 9.59 Å². The fourth-order valence-corrected chi connectivity index (χ4v) is 1.39. The van der Waals surface area contributed by atoms with Gasteiger partial charge in [0.1, 0.15) is 0 Å². The van der Waals surface area contributed by atoms with Gasteiger partial charge in [-0.3, -0.25) is 0 Å². The number of aliphatic carboxylic acids is 2. The molecule has 0 unspecified atom stereocenters. The monoisotopic (exact) mass is 339 g/mol. The first-order valence-corrected chi connectivity index (χ1v) is 7.33. The summed E-state index contributed by atoms with van der Waals surface area (Å²) in [5.41, 5.74) is 0. The Kier molecular flexibility index (Phi) is 25.2. The van der Waals surface area contributed by atoms with Crippen LogP contribution in [0.25, 0.3) is 0 Å². The Balaban J connectivity index is -0.000000295. The van der Waals surface area contributed by atoms with Crippen LogP contribution in [0.15, 0.2) is 24.3 Å². The Labute approximate surface area is 138 Å². The summed E-state index contributed by atoms with van der Waals surface area (Å²) < 4.78 is 0. The number of rotatable bonds is 10. The van der Waals surface area contributed by atoms with Gasteiger partial charge in [0.2, 0.25) is 0 Å². The van der Waals surface area contributed by atoms with Crippen molar-refractivity contribution in [3.63, 3.8) is 0 Å². The molecule has 2 N–H and O–H groups in total. The Morgan fingerprint density at radius 1 is 0.762 bits per heavy atom. The average molecular weight is 339 g/mol. The summed E-state index contributed by atoms with van der Waals surface area (Å²) in [6.45, 7) is 4.25. The normalized spacial score (nSPS) is 10.0. The fourth-order valence-electron chi connectivity index (χ4n) is 1.39. The molecule has 0 aromatic rings. The molecule has 1 radical (unpaired) electrons. The molecular formula is C16H28MnO4. The second kappa shape index (κ2) is 21.2. The number of hydrogen-bond donors (Lipinski definition) is 2. The third kappa shape index (κ3) is 32.5. The number of allylic oxidation sites excluding steroid dienone is 2. The molecule has 21 heavy (non-hydrogen) atoms. The van der Waals surface area contributed by atoms with E-state index in [1.165, 1.54) is 37.8 Å². The Morgan fingerprint density at radius 3 is 1.33 bits per heavy atom. The average Bonchev–Trinajstić information content (AvgIpc) is 2.38. The van der Waals surface area contributed by atoms with Crippen molar-refractivity contribution in [2.75, 3.05) is 0 Å². The number of hydrogen-bond acceptors (Lipinski definition) is 2. The van der Waals surface area contributed by atoms with Crippen LogP contribution in [0.5, 0.6) is 0 Å². The summed E-state index contributed by atoms with van der Waals surface area (Å²) in [5, 5.41) is 16.4. The van der Waals surface area contributed by atoms with Crippen LogP contribution in [0, 0.1) is 0 Å². The molecular weight excluding hydrogens is 311 g/mol. The minimum absolute atomic E-state index is 0. The van der Waals surface area contributed by atoms with Crippen LogP contribution in [0.4, 0.5) is 0 Å². The molecule has 0 aromatic carbocycles. The predicted molar refractivity (Wildman–Crippen MR) is 81.8 cm³/mol. The molecule has 0 saturated heterocycles. The maximum atomic E-state index is 9.95. The first-order valence-electron chi connectivity index (χ1n) is 7.33. The van der Waals surface area contributed by atoms with E-state index < -0.39 is 11.9 Å². The SMILES string of the molecule is CCCCCC=CC(=O)O.CCCCCC=CC(=O)O.[Mn]. The second-order valence-electron chi connectivity index (χ2n) is 4.47. The van der Waals surface area contributed by atoms with Gasteiger partial charge in [0.05, 0.1) is 0 Å². The number of carboxylic acid groups (broad SMARTS) is 2. The second-order valence-corrected chi connectivity index (χ2v) is 4.47. The summed E-state index contributed by atoms with van der Waals surface area (Å²) in [6.07, 6.45) is 14.5. The molecule has 0 fully saturated rings. The van der Waals surface area contributed by atoms with Crippen LogP contribution >= 0.6 is 0 Å². The van der Waals surface area contributed by atoms with E-state index in [1.807, 2.05) is 0 Å². The van der Waals surface area contributed by atoms with Crippen LogP contribution < -0.4 is 0 Å².